The van der Waals surface area contributed by atoms with Crippen molar-refractivity contribution >= 4 is 6.29 Å². The molecule has 2 rings (SSSR count). The molecule has 1 fully saturated rings. The molecule has 0 N–H and O–H groups in total. The fourth-order valence-corrected chi connectivity index (χ4v) is 1.53. The molecular formula is C12H13FO2. The number of ether oxygens (including phenoxy) is 1. The minimum Gasteiger partial charge on any atom is -0.492 e. The van der Waals surface area contributed by atoms with Gasteiger partial charge in [0.05, 0.1) is 12.2 Å². The first-order valence-electron chi connectivity index (χ1n) is 5.09. The lowest BCUT2D eigenvalue weighted by atomic mass is 10.1. The number of hydrogen-bond acceptors (Lipinski definition) is 2. The maximum Gasteiger partial charge on any atom is 0.153 e. The van der Waals surface area contributed by atoms with Crippen LogP contribution in [0.4, 0.5) is 4.39 Å². The van der Waals surface area contributed by atoms with E-state index in [2.05, 4.69) is 0 Å². The molecule has 0 atom stereocenters. The molecule has 0 unspecified atom stereocenters. The van der Waals surface area contributed by atoms with Crippen LogP contribution in [0.15, 0.2) is 12.1 Å². The van der Waals surface area contributed by atoms with Gasteiger partial charge in [-0.05, 0) is 43.4 Å². The lowest BCUT2D eigenvalue weighted by Gasteiger charge is -2.10. The molecule has 0 aromatic heterocycles. The number of benzene rings is 1. The van der Waals surface area contributed by atoms with Gasteiger partial charge < -0.3 is 4.74 Å². The van der Waals surface area contributed by atoms with Crippen molar-refractivity contribution in [2.75, 3.05) is 6.61 Å². The maximum absolute atomic E-state index is 13.0. The van der Waals surface area contributed by atoms with Crippen molar-refractivity contribution in [2.24, 2.45) is 5.92 Å². The summed E-state index contributed by atoms with van der Waals surface area (Å²) in [7, 11) is 0. The predicted molar refractivity (Wildman–Crippen MR) is 54.7 cm³/mol. The third-order valence-electron chi connectivity index (χ3n) is 2.56. The fourth-order valence-electron chi connectivity index (χ4n) is 1.53. The molecule has 15 heavy (non-hydrogen) atoms. The van der Waals surface area contributed by atoms with Gasteiger partial charge in [0.25, 0.3) is 0 Å². The van der Waals surface area contributed by atoms with E-state index < -0.39 is 5.82 Å². The average Bonchev–Trinajstić information content (AvgIpc) is 2.99. The van der Waals surface area contributed by atoms with E-state index in [-0.39, 0.29) is 0 Å². The highest BCUT2D eigenvalue weighted by Crippen LogP contribution is 2.31. The van der Waals surface area contributed by atoms with Crippen LogP contribution < -0.4 is 4.74 Å². The Kier molecular flexibility index (Phi) is 2.71. The van der Waals surface area contributed by atoms with E-state index in [1.165, 1.54) is 25.0 Å². The zero-order chi connectivity index (χ0) is 10.8. The zero-order valence-electron chi connectivity index (χ0n) is 8.63. The Morgan fingerprint density at radius 3 is 2.87 bits per heavy atom. The summed E-state index contributed by atoms with van der Waals surface area (Å²) in [6.45, 7) is 2.38. The number of carbonyl (C=O) groups is 1. The Bertz CT molecular complexity index is 383. The molecule has 0 radical (unpaired) electrons. The van der Waals surface area contributed by atoms with E-state index in [4.69, 9.17) is 4.74 Å². The first-order valence-corrected chi connectivity index (χ1v) is 5.09. The van der Waals surface area contributed by atoms with Crippen LogP contribution in [0.25, 0.3) is 0 Å². The molecule has 1 saturated carbocycles. The summed E-state index contributed by atoms with van der Waals surface area (Å²) in [6, 6.07) is 2.59. The topological polar surface area (TPSA) is 26.3 Å². The summed E-state index contributed by atoms with van der Waals surface area (Å²) in [5.74, 6) is 0.751. The quantitative estimate of drug-likeness (QED) is 0.711. The molecule has 2 nitrogen and oxygen atoms in total. The molecule has 0 heterocycles. The minimum absolute atomic E-state index is 0.299. The van der Waals surface area contributed by atoms with Crippen LogP contribution in [0.3, 0.4) is 0 Å². The number of carbonyl (C=O) groups excluding carboxylic acids is 1. The van der Waals surface area contributed by atoms with Crippen LogP contribution in [0.2, 0.25) is 0 Å². The van der Waals surface area contributed by atoms with Gasteiger partial charge in [0, 0.05) is 0 Å². The van der Waals surface area contributed by atoms with Gasteiger partial charge in [-0.2, -0.15) is 0 Å². The van der Waals surface area contributed by atoms with Gasteiger partial charge in [-0.15, -0.1) is 0 Å². The summed E-state index contributed by atoms with van der Waals surface area (Å²) in [5, 5.41) is 0. The third kappa shape index (κ3) is 2.35. The minimum atomic E-state index is -0.395. The van der Waals surface area contributed by atoms with Crippen molar-refractivity contribution in [3.63, 3.8) is 0 Å². The van der Waals surface area contributed by atoms with Gasteiger partial charge in [0.2, 0.25) is 0 Å². The lowest BCUT2D eigenvalue weighted by molar-refractivity contribution is 0.111. The highest BCUT2D eigenvalue weighted by Gasteiger charge is 2.22. The van der Waals surface area contributed by atoms with Crippen molar-refractivity contribution in [1.82, 2.24) is 0 Å². The standard InChI is InChI=1S/C12H13FO2/c1-8-4-11(13)5-10(6-14)12(8)15-7-9-2-3-9/h4-6,9H,2-3,7H2,1H3. The molecule has 1 aromatic rings. The molecular weight excluding hydrogens is 195 g/mol. The van der Waals surface area contributed by atoms with Gasteiger partial charge in [-0.3, -0.25) is 4.79 Å². The molecule has 1 aromatic carbocycles. The fraction of sp³-hybridized carbons (Fsp3) is 0.417. The van der Waals surface area contributed by atoms with Gasteiger partial charge in [-0.1, -0.05) is 0 Å². The molecule has 0 aliphatic heterocycles. The number of hydrogen-bond donors (Lipinski definition) is 0. The van der Waals surface area contributed by atoms with Crippen LogP contribution in [-0.2, 0) is 0 Å². The van der Waals surface area contributed by atoms with E-state index in [0.29, 0.717) is 35.7 Å². The van der Waals surface area contributed by atoms with E-state index in [1.54, 1.807) is 6.92 Å². The van der Waals surface area contributed by atoms with Crippen molar-refractivity contribution in [3.8, 4) is 5.75 Å². The normalized spacial score (nSPS) is 15.1. The number of aldehydes is 1. The maximum atomic E-state index is 13.0. The molecule has 1 aliphatic carbocycles. The van der Waals surface area contributed by atoms with Crippen molar-refractivity contribution < 1.29 is 13.9 Å². The van der Waals surface area contributed by atoms with Crippen LogP contribution in [0.1, 0.15) is 28.8 Å². The monoisotopic (exact) mass is 208 g/mol. The Hall–Kier alpha value is -1.38. The van der Waals surface area contributed by atoms with Crippen molar-refractivity contribution in [3.05, 3.63) is 29.1 Å². The Labute approximate surface area is 88.1 Å². The molecule has 80 valence electrons. The summed E-state index contributed by atoms with van der Waals surface area (Å²) in [5.41, 5.74) is 0.978. The average molecular weight is 208 g/mol. The largest absolute Gasteiger partial charge is 0.492 e. The first kappa shape index (κ1) is 10.1. The van der Waals surface area contributed by atoms with Gasteiger partial charge in [-0.25, -0.2) is 4.39 Å². The Morgan fingerprint density at radius 1 is 1.53 bits per heavy atom. The van der Waals surface area contributed by atoms with Crippen LogP contribution in [0, 0.1) is 18.7 Å². The van der Waals surface area contributed by atoms with Crippen LogP contribution in [-0.4, -0.2) is 12.9 Å². The Morgan fingerprint density at radius 2 is 2.27 bits per heavy atom. The second kappa shape index (κ2) is 4.01. The van der Waals surface area contributed by atoms with E-state index in [9.17, 15) is 9.18 Å². The molecule has 0 bridgehead atoms. The first-order chi connectivity index (χ1) is 7.20. The van der Waals surface area contributed by atoms with E-state index in [0.717, 1.165) is 0 Å². The summed E-state index contributed by atoms with van der Waals surface area (Å²) in [6.07, 6.45) is 3.02. The molecule has 0 saturated heterocycles. The van der Waals surface area contributed by atoms with E-state index >= 15 is 0 Å². The molecule has 1 aliphatic rings. The lowest BCUT2D eigenvalue weighted by Crippen LogP contribution is -2.03. The predicted octanol–water partition coefficient (Wildman–Crippen LogP) is 2.74. The smallest absolute Gasteiger partial charge is 0.153 e. The SMILES string of the molecule is Cc1cc(F)cc(C=O)c1OCC1CC1. The second-order valence-electron chi connectivity index (χ2n) is 4.01. The Balaban J connectivity index is 2.21. The van der Waals surface area contributed by atoms with Gasteiger partial charge in [0.15, 0.2) is 6.29 Å². The highest BCUT2D eigenvalue weighted by molar-refractivity contribution is 5.80. The molecule has 0 spiro atoms. The van der Waals surface area contributed by atoms with Crippen LogP contribution in [0.5, 0.6) is 5.75 Å². The number of aryl methyl sites for hydroxylation is 1. The van der Waals surface area contributed by atoms with Crippen LogP contribution >= 0.6 is 0 Å². The van der Waals surface area contributed by atoms with E-state index in [1.807, 2.05) is 0 Å². The highest BCUT2D eigenvalue weighted by atomic mass is 19.1. The van der Waals surface area contributed by atoms with Gasteiger partial charge >= 0.3 is 0 Å². The van der Waals surface area contributed by atoms with Crippen molar-refractivity contribution in [2.45, 2.75) is 19.8 Å². The molecule has 3 heteroatoms. The second-order valence-corrected chi connectivity index (χ2v) is 4.01. The zero-order valence-corrected chi connectivity index (χ0v) is 8.63. The summed E-state index contributed by atoms with van der Waals surface area (Å²) in [4.78, 5) is 10.7. The number of rotatable bonds is 4. The summed E-state index contributed by atoms with van der Waals surface area (Å²) >= 11 is 0. The summed E-state index contributed by atoms with van der Waals surface area (Å²) < 4.78 is 18.5. The van der Waals surface area contributed by atoms with Crippen molar-refractivity contribution in [1.29, 1.82) is 0 Å². The molecule has 0 amide bonds. The van der Waals surface area contributed by atoms with Gasteiger partial charge in [0.1, 0.15) is 11.6 Å². The number of halogens is 1. The third-order valence-corrected chi connectivity index (χ3v) is 2.56.